The average Bonchev–Trinajstić information content (AvgIpc) is 2.89. The van der Waals surface area contributed by atoms with E-state index in [0.717, 1.165) is 8.39 Å². The van der Waals surface area contributed by atoms with E-state index >= 15 is 0 Å². The van der Waals surface area contributed by atoms with Crippen LogP contribution in [0, 0.1) is 0 Å². The summed E-state index contributed by atoms with van der Waals surface area (Å²) in [5, 5.41) is 4.41. The first-order valence-electron chi connectivity index (χ1n) is 5.90. The Morgan fingerprint density at radius 3 is 2.48 bits per heavy atom. The van der Waals surface area contributed by atoms with Gasteiger partial charge in [-0.15, -0.1) is 4.09 Å². The van der Waals surface area contributed by atoms with Crippen LogP contribution in [0.1, 0.15) is 10.4 Å². The van der Waals surface area contributed by atoms with Crippen molar-refractivity contribution in [3.05, 3.63) is 23.9 Å². The SMILES string of the molecule is COC(=O)c1ccc2cnn(S(=O)(=O)N(C)C)c2c1OC. The maximum atomic E-state index is 12.3. The lowest BCUT2D eigenvalue weighted by atomic mass is 10.1. The van der Waals surface area contributed by atoms with E-state index < -0.39 is 16.2 Å². The maximum Gasteiger partial charge on any atom is 0.341 e. The van der Waals surface area contributed by atoms with E-state index in [1.54, 1.807) is 6.07 Å². The second-order valence-corrected chi connectivity index (χ2v) is 6.33. The Morgan fingerprint density at radius 2 is 1.95 bits per heavy atom. The van der Waals surface area contributed by atoms with Crippen molar-refractivity contribution in [3.8, 4) is 5.75 Å². The summed E-state index contributed by atoms with van der Waals surface area (Å²) in [6.45, 7) is 0. The van der Waals surface area contributed by atoms with Crippen LogP contribution in [-0.2, 0) is 14.9 Å². The number of hydrogen-bond acceptors (Lipinski definition) is 6. The second-order valence-electron chi connectivity index (χ2n) is 4.35. The molecular weight excluding hydrogens is 298 g/mol. The fraction of sp³-hybridized carbons (Fsp3) is 0.333. The Balaban J connectivity index is 2.85. The molecule has 9 heteroatoms. The van der Waals surface area contributed by atoms with E-state index in [-0.39, 0.29) is 16.8 Å². The van der Waals surface area contributed by atoms with Crippen molar-refractivity contribution >= 4 is 27.1 Å². The van der Waals surface area contributed by atoms with E-state index in [0.29, 0.717) is 5.39 Å². The maximum absolute atomic E-state index is 12.3. The van der Waals surface area contributed by atoms with E-state index in [1.807, 2.05) is 0 Å². The molecule has 0 aliphatic rings. The zero-order chi connectivity index (χ0) is 15.8. The lowest BCUT2D eigenvalue weighted by Gasteiger charge is -2.14. The molecule has 0 unspecified atom stereocenters. The standard InChI is InChI=1S/C12H15N3O5S/c1-14(2)21(17,18)15-10-8(7-13-15)5-6-9(11(10)19-3)12(16)20-4/h5-7H,1-4H3. The third-order valence-electron chi connectivity index (χ3n) is 2.95. The third kappa shape index (κ3) is 2.34. The molecule has 0 radical (unpaired) electrons. The minimum Gasteiger partial charge on any atom is -0.494 e. The van der Waals surface area contributed by atoms with Gasteiger partial charge in [0, 0.05) is 19.5 Å². The van der Waals surface area contributed by atoms with Crippen LogP contribution in [-0.4, -0.2) is 56.2 Å². The number of carbonyl (C=O) groups excluding carboxylic acids is 1. The van der Waals surface area contributed by atoms with Gasteiger partial charge in [-0.2, -0.15) is 17.8 Å². The molecule has 2 rings (SSSR count). The number of hydrogen-bond donors (Lipinski definition) is 0. The largest absolute Gasteiger partial charge is 0.494 e. The Labute approximate surface area is 122 Å². The van der Waals surface area contributed by atoms with Gasteiger partial charge in [0.2, 0.25) is 0 Å². The first-order chi connectivity index (χ1) is 9.84. The quantitative estimate of drug-likeness (QED) is 0.763. The summed E-state index contributed by atoms with van der Waals surface area (Å²) in [6, 6.07) is 3.08. The van der Waals surface area contributed by atoms with Gasteiger partial charge in [0.05, 0.1) is 20.4 Å². The van der Waals surface area contributed by atoms with Gasteiger partial charge in [-0.3, -0.25) is 0 Å². The molecule has 0 aliphatic heterocycles. The number of ether oxygens (including phenoxy) is 2. The van der Waals surface area contributed by atoms with Gasteiger partial charge in [0.25, 0.3) is 0 Å². The summed E-state index contributed by atoms with van der Waals surface area (Å²) in [6.07, 6.45) is 1.39. The Morgan fingerprint density at radius 1 is 1.29 bits per heavy atom. The molecule has 0 amide bonds. The number of aromatic nitrogens is 2. The molecule has 0 fully saturated rings. The molecule has 0 aliphatic carbocycles. The van der Waals surface area contributed by atoms with Crippen LogP contribution in [0.15, 0.2) is 18.3 Å². The van der Waals surface area contributed by atoms with E-state index in [1.165, 1.54) is 40.6 Å². The van der Waals surface area contributed by atoms with Crippen molar-refractivity contribution in [2.75, 3.05) is 28.3 Å². The van der Waals surface area contributed by atoms with E-state index in [9.17, 15) is 13.2 Å². The predicted molar refractivity (Wildman–Crippen MR) is 75.6 cm³/mol. The molecule has 114 valence electrons. The number of rotatable bonds is 4. The molecule has 1 heterocycles. The van der Waals surface area contributed by atoms with Crippen molar-refractivity contribution in [2.24, 2.45) is 0 Å². The van der Waals surface area contributed by atoms with Crippen LogP contribution in [0.2, 0.25) is 0 Å². The monoisotopic (exact) mass is 313 g/mol. The summed E-state index contributed by atoms with van der Waals surface area (Å²) < 4.78 is 36.3. The lowest BCUT2D eigenvalue weighted by Crippen LogP contribution is -2.29. The predicted octanol–water partition coefficient (Wildman–Crippen LogP) is 0.486. The molecule has 0 atom stereocenters. The van der Waals surface area contributed by atoms with Crippen LogP contribution in [0.25, 0.3) is 10.9 Å². The van der Waals surface area contributed by atoms with Crippen molar-refractivity contribution < 1.29 is 22.7 Å². The highest BCUT2D eigenvalue weighted by Crippen LogP contribution is 2.31. The van der Waals surface area contributed by atoms with Gasteiger partial charge >= 0.3 is 16.2 Å². The van der Waals surface area contributed by atoms with Gasteiger partial charge in [0.15, 0.2) is 5.75 Å². The Kier molecular flexibility index (Phi) is 3.88. The summed E-state index contributed by atoms with van der Waals surface area (Å²) in [7, 11) is 1.53. The van der Waals surface area contributed by atoms with Gasteiger partial charge in [-0.1, -0.05) is 6.07 Å². The van der Waals surface area contributed by atoms with Crippen molar-refractivity contribution in [1.29, 1.82) is 0 Å². The summed E-state index contributed by atoms with van der Waals surface area (Å²) in [5.41, 5.74) is 0.317. The first-order valence-corrected chi connectivity index (χ1v) is 7.30. The van der Waals surface area contributed by atoms with Gasteiger partial charge in [-0.05, 0) is 6.07 Å². The third-order valence-corrected chi connectivity index (χ3v) is 4.58. The number of carbonyl (C=O) groups is 1. The van der Waals surface area contributed by atoms with Crippen LogP contribution in [0.4, 0.5) is 0 Å². The average molecular weight is 313 g/mol. The summed E-state index contributed by atoms with van der Waals surface area (Å²) in [4.78, 5) is 11.8. The van der Waals surface area contributed by atoms with E-state index in [4.69, 9.17) is 4.74 Å². The number of methoxy groups -OCH3 is 2. The molecule has 0 bridgehead atoms. The number of nitrogens with zero attached hydrogens (tertiary/aromatic N) is 3. The first kappa shape index (κ1) is 15.3. The molecule has 1 aromatic heterocycles. The normalized spacial score (nSPS) is 11.9. The van der Waals surface area contributed by atoms with Crippen molar-refractivity contribution in [3.63, 3.8) is 0 Å². The smallest absolute Gasteiger partial charge is 0.341 e. The highest BCUT2D eigenvalue weighted by molar-refractivity contribution is 7.87. The number of fused-ring (bicyclic) bond motifs is 1. The number of esters is 1. The minimum atomic E-state index is -3.84. The molecule has 1 aromatic carbocycles. The molecule has 2 aromatic rings. The molecule has 21 heavy (non-hydrogen) atoms. The van der Waals surface area contributed by atoms with Crippen LogP contribution >= 0.6 is 0 Å². The molecule has 0 N–H and O–H groups in total. The number of benzene rings is 1. The van der Waals surface area contributed by atoms with Crippen LogP contribution in [0.3, 0.4) is 0 Å². The fourth-order valence-corrected chi connectivity index (χ4v) is 2.76. The highest BCUT2D eigenvalue weighted by Gasteiger charge is 2.25. The zero-order valence-electron chi connectivity index (χ0n) is 12.0. The Hall–Kier alpha value is -2.13. The molecule has 0 spiro atoms. The van der Waals surface area contributed by atoms with Crippen LogP contribution in [0.5, 0.6) is 5.75 Å². The molecule has 8 nitrogen and oxygen atoms in total. The van der Waals surface area contributed by atoms with Gasteiger partial charge in [-0.25, -0.2) is 4.79 Å². The summed E-state index contributed by atoms with van der Waals surface area (Å²) in [5.74, 6) is -0.522. The van der Waals surface area contributed by atoms with Gasteiger partial charge in [0.1, 0.15) is 11.1 Å². The molecule has 0 saturated heterocycles. The van der Waals surface area contributed by atoms with Crippen LogP contribution < -0.4 is 4.74 Å². The summed E-state index contributed by atoms with van der Waals surface area (Å²) >= 11 is 0. The van der Waals surface area contributed by atoms with Crippen molar-refractivity contribution in [2.45, 2.75) is 0 Å². The van der Waals surface area contributed by atoms with E-state index in [2.05, 4.69) is 9.84 Å². The fourth-order valence-electron chi connectivity index (χ4n) is 1.87. The lowest BCUT2D eigenvalue weighted by molar-refractivity contribution is 0.0597. The topological polar surface area (TPSA) is 90.7 Å². The van der Waals surface area contributed by atoms with Crippen molar-refractivity contribution in [1.82, 2.24) is 13.5 Å². The molecular formula is C12H15N3O5S. The van der Waals surface area contributed by atoms with Gasteiger partial charge < -0.3 is 9.47 Å². The zero-order valence-corrected chi connectivity index (χ0v) is 12.8. The molecule has 0 saturated carbocycles. The minimum absolute atomic E-state index is 0.0993. The second kappa shape index (κ2) is 5.34. The highest BCUT2D eigenvalue weighted by atomic mass is 32.2. The Bertz CT molecular complexity index is 795.